The van der Waals surface area contributed by atoms with E-state index in [1.165, 1.54) is 23.9 Å². The van der Waals surface area contributed by atoms with Crippen LogP contribution in [0.2, 0.25) is 0 Å². The molecular formula is C21H20FN3O2S. The molecule has 1 N–H and O–H groups in total. The molecule has 3 aromatic rings. The highest BCUT2D eigenvalue weighted by molar-refractivity contribution is 8.01. The second-order valence-electron chi connectivity index (χ2n) is 6.66. The third-order valence-electron chi connectivity index (χ3n) is 4.79. The SMILES string of the molecule is COc1ccc(-n2nc(C)c3c2NC(=O)[C@H](C)S[C@H]3c2cccc(F)c2)cc1. The van der Waals surface area contributed by atoms with Crippen LogP contribution in [0.4, 0.5) is 10.2 Å². The largest absolute Gasteiger partial charge is 0.497 e. The van der Waals surface area contributed by atoms with Gasteiger partial charge >= 0.3 is 0 Å². The smallest absolute Gasteiger partial charge is 0.238 e. The van der Waals surface area contributed by atoms with Crippen molar-refractivity contribution in [3.63, 3.8) is 0 Å². The van der Waals surface area contributed by atoms with Crippen LogP contribution in [0.15, 0.2) is 48.5 Å². The molecule has 0 radical (unpaired) electrons. The van der Waals surface area contributed by atoms with E-state index in [2.05, 4.69) is 10.4 Å². The van der Waals surface area contributed by atoms with Crippen molar-refractivity contribution in [3.05, 3.63) is 71.2 Å². The van der Waals surface area contributed by atoms with Crippen LogP contribution in [0, 0.1) is 12.7 Å². The maximum Gasteiger partial charge on any atom is 0.238 e. The van der Waals surface area contributed by atoms with Gasteiger partial charge in [0.05, 0.1) is 29.0 Å². The van der Waals surface area contributed by atoms with Crippen LogP contribution in [0.3, 0.4) is 0 Å². The Morgan fingerprint density at radius 1 is 1.21 bits per heavy atom. The van der Waals surface area contributed by atoms with Gasteiger partial charge in [0.1, 0.15) is 17.4 Å². The molecule has 0 saturated heterocycles. The molecule has 0 saturated carbocycles. The molecule has 2 heterocycles. The Balaban J connectivity index is 1.88. The summed E-state index contributed by atoms with van der Waals surface area (Å²) >= 11 is 1.50. The molecule has 1 aliphatic heterocycles. The van der Waals surface area contributed by atoms with Crippen molar-refractivity contribution in [1.82, 2.24) is 9.78 Å². The van der Waals surface area contributed by atoms with E-state index in [1.807, 2.05) is 44.2 Å². The summed E-state index contributed by atoms with van der Waals surface area (Å²) in [6, 6.07) is 14.0. The first-order valence-corrected chi connectivity index (χ1v) is 9.88. The Labute approximate surface area is 166 Å². The van der Waals surface area contributed by atoms with E-state index in [4.69, 9.17) is 4.74 Å². The average molecular weight is 397 g/mol. The van der Waals surface area contributed by atoms with Gasteiger partial charge in [-0.1, -0.05) is 12.1 Å². The molecule has 0 aliphatic carbocycles. The summed E-state index contributed by atoms with van der Waals surface area (Å²) in [7, 11) is 1.61. The van der Waals surface area contributed by atoms with Crippen molar-refractivity contribution in [3.8, 4) is 11.4 Å². The van der Waals surface area contributed by atoms with E-state index < -0.39 is 0 Å². The molecule has 0 unspecified atom stereocenters. The van der Waals surface area contributed by atoms with Gasteiger partial charge in [0.25, 0.3) is 0 Å². The standard InChI is InChI=1S/C21H20FN3O2S/c1-12-18-19(14-5-4-6-15(22)11-14)28-13(2)21(26)23-20(18)25(24-12)16-7-9-17(27-3)10-8-16/h4-11,13,19H,1-3H3,(H,23,26)/t13-,19-/m0/s1. The van der Waals surface area contributed by atoms with Gasteiger partial charge in [-0.05, 0) is 55.8 Å². The van der Waals surface area contributed by atoms with Crippen LogP contribution < -0.4 is 10.1 Å². The molecule has 1 aliphatic rings. The van der Waals surface area contributed by atoms with Crippen molar-refractivity contribution < 1.29 is 13.9 Å². The van der Waals surface area contributed by atoms with E-state index in [0.29, 0.717) is 5.82 Å². The summed E-state index contributed by atoms with van der Waals surface area (Å²) in [5.41, 5.74) is 3.31. The van der Waals surface area contributed by atoms with Crippen molar-refractivity contribution in [2.24, 2.45) is 0 Å². The fourth-order valence-electron chi connectivity index (χ4n) is 3.35. The number of hydrogen-bond acceptors (Lipinski definition) is 4. The number of anilines is 1. The Hall–Kier alpha value is -2.80. The number of thioether (sulfide) groups is 1. The van der Waals surface area contributed by atoms with Gasteiger partial charge in [-0.15, -0.1) is 11.8 Å². The first kappa shape index (κ1) is 18.6. The predicted octanol–water partition coefficient (Wildman–Crippen LogP) is 4.49. The fraction of sp³-hybridized carbons (Fsp3) is 0.238. The number of halogens is 1. The molecule has 2 aromatic carbocycles. The number of aryl methyl sites for hydroxylation is 1. The monoisotopic (exact) mass is 397 g/mol. The van der Waals surface area contributed by atoms with Gasteiger partial charge in [0.15, 0.2) is 0 Å². The number of nitrogens with zero attached hydrogens (tertiary/aromatic N) is 2. The minimum absolute atomic E-state index is 0.0974. The number of fused-ring (bicyclic) bond motifs is 1. The molecular weight excluding hydrogens is 377 g/mol. The third-order valence-corrected chi connectivity index (χ3v) is 6.19. The van der Waals surface area contributed by atoms with E-state index in [-0.39, 0.29) is 22.2 Å². The van der Waals surface area contributed by atoms with Gasteiger partial charge in [-0.2, -0.15) is 5.10 Å². The molecule has 4 rings (SSSR count). The molecule has 1 aromatic heterocycles. The Bertz CT molecular complexity index is 1030. The number of nitrogens with one attached hydrogen (secondary N) is 1. The van der Waals surface area contributed by atoms with Crippen LogP contribution in [0.1, 0.15) is 29.0 Å². The zero-order valence-corrected chi connectivity index (χ0v) is 16.6. The number of methoxy groups -OCH3 is 1. The lowest BCUT2D eigenvalue weighted by Crippen LogP contribution is -2.22. The van der Waals surface area contributed by atoms with Crippen molar-refractivity contribution in [2.75, 3.05) is 12.4 Å². The Kier molecular flexibility index (Phi) is 4.85. The molecule has 5 nitrogen and oxygen atoms in total. The molecule has 7 heteroatoms. The fourth-order valence-corrected chi connectivity index (χ4v) is 4.66. The number of carbonyl (C=O) groups is 1. The number of carbonyl (C=O) groups excluding carboxylic acids is 1. The second-order valence-corrected chi connectivity index (χ2v) is 8.11. The highest BCUT2D eigenvalue weighted by Crippen LogP contribution is 2.46. The number of ether oxygens (including phenoxy) is 1. The van der Waals surface area contributed by atoms with Gasteiger partial charge in [-0.25, -0.2) is 9.07 Å². The molecule has 0 spiro atoms. The van der Waals surface area contributed by atoms with Crippen molar-refractivity contribution >= 4 is 23.5 Å². The summed E-state index contributed by atoms with van der Waals surface area (Å²) < 4.78 is 20.8. The second kappa shape index (κ2) is 7.31. The maximum atomic E-state index is 13.9. The quantitative estimate of drug-likeness (QED) is 0.707. The van der Waals surface area contributed by atoms with E-state index in [1.54, 1.807) is 17.9 Å². The molecule has 2 atom stereocenters. The van der Waals surface area contributed by atoms with Crippen LogP contribution in [-0.2, 0) is 4.79 Å². The Morgan fingerprint density at radius 3 is 2.64 bits per heavy atom. The summed E-state index contributed by atoms with van der Waals surface area (Å²) in [6.07, 6.45) is 0. The predicted molar refractivity (Wildman–Crippen MR) is 109 cm³/mol. The van der Waals surface area contributed by atoms with Gasteiger partial charge in [-0.3, -0.25) is 4.79 Å². The number of benzene rings is 2. The zero-order valence-electron chi connectivity index (χ0n) is 15.8. The summed E-state index contributed by atoms with van der Waals surface area (Å²) in [5.74, 6) is 0.971. The number of rotatable bonds is 3. The van der Waals surface area contributed by atoms with E-state index >= 15 is 0 Å². The van der Waals surface area contributed by atoms with Crippen LogP contribution in [-0.4, -0.2) is 28.0 Å². The van der Waals surface area contributed by atoms with Crippen molar-refractivity contribution in [1.29, 1.82) is 0 Å². The number of aromatic nitrogens is 2. The minimum Gasteiger partial charge on any atom is -0.497 e. The zero-order chi connectivity index (χ0) is 19.8. The lowest BCUT2D eigenvalue weighted by Gasteiger charge is -2.17. The van der Waals surface area contributed by atoms with Gasteiger partial charge < -0.3 is 10.1 Å². The summed E-state index contributed by atoms with van der Waals surface area (Å²) in [6.45, 7) is 3.77. The van der Waals surface area contributed by atoms with Gasteiger partial charge in [0.2, 0.25) is 5.91 Å². The molecule has 0 bridgehead atoms. The van der Waals surface area contributed by atoms with Gasteiger partial charge in [0, 0.05) is 5.56 Å². The highest BCUT2D eigenvalue weighted by atomic mass is 32.2. The normalized spacial score (nSPS) is 18.9. The molecule has 144 valence electrons. The number of amides is 1. The molecule has 1 amide bonds. The Morgan fingerprint density at radius 2 is 1.96 bits per heavy atom. The maximum absolute atomic E-state index is 13.9. The first-order chi connectivity index (χ1) is 13.5. The summed E-state index contributed by atoms with van der Waals surface area (Å²) in [5, 5.41) is 7.20. The first-order valence-electron chi connectivity index (χ1n) is 8.93. The lowest BCUT2D eigenvalue weighted by atomic mass is 10.0. The van der Waals surface area contributed by atoms with E-state index in [9.17, 15) is 9.18 Å². The van der Waals surface area contributed by atoms with Crippen LogP contribution in [0.5, 0.6) is 5.75 Å². The number of hydrogen-bond donors (Lipinski definition) is 1. The highest BCUT2D eigenvalue weighted by Gasteiger charge is 2.34. The minimum atomic E-state index is -0.295. The molecule has 28 heavy (non-hydrogen) atoms. The van der Waals surface area contributed by atoms with Crippen molar-refractivity contribution in [2.45, 2.75) is 24.3 Å². The summed E-state index contributed by atoms with van der Waals surface area (Å²) in [4.78, 5) is 12.6. The van der Waals surface area contributed by atoms with Crippen LogP contribution >= 0.6 is 11.8 Å². The lowest BCUT2D eigenvalue weighted by molar-refractivity contribution is -0.115. The average Bonchev–Trinajstić information content (AvgIpc) is 2.94. The van der Waals surface area contributed by atoms with E-state index in [0.717, 1.165) is 28.3 Å². The van der Waals surface area contributed by atoms with Crippen LogP contribution in [0.25, 0.3) is 5.69 Å². The molecule has 0 fully saturated rings. The third kappa shape index (κ3) is 3.26. The topological polar surface area (TPSA) is 56.1 Å².